The summed E-state index contributed by atoms with van der Waals surface area (Å²) in [5.41, 5.74) is 13.9. The summed E-state index contributed by atoms with van der Waals surface area (Å²) in [6.07, 6.45) is 0.860. The Hall–Kier alpha value is -3.13. The van der Waals surface area contributed by atoms with Crippen molar-refractivity contribution in [2.45, 2.75) is 26.3 Å². The zero-order valence-electron chi connectivity index (χ0n) is 15.1. The molecule has 1 heterocycles. The molecule has 0 saturated heterocycles. The number of aromatic nitrogens is 1. The van der Waals surface area contributed by atoms with E-state index in [0.29, 0.717) is 33.1 Å². The lowest BCUT2D eigenvalue weighted by Gasteiger charge is -2.10. The average Bonchev–Trinajstić information content (AvgIpc) is 3.01. The first kappa shape index (κ1) is 18.7. The van der Waals surface area contributed by atoms with Gasteiger partial charge >= 0.3 is 0 Å². The van der Waals surface area contributed by atoms with Gasteiger partial charge in [0.05, 0.1) is 10.2 Å². The molecule has 27 heavy (non-hydrogen) atoms. The Morgan fingerprint density at radius 1 is 1.07 bits per heavy atom. The van der Waals surface area contributed by atoms with Crippen LogP contribution in [0.25, 0.3) is 10.2 Å². The summed E-state index contributed by atoms with van der Waals surface area (Å²) in [6, 6.07) is 10.1. The third-order valence-electron chi connectivity index (χ3n) is 4.10. The van der Waals surface area contributed by atoms with Gasteiger partial charge in [0.25, 0.3) is 11.8 Å². The van der Waals surface area contributed by atoms with Gasteiger partial charge in [-0.3, -0.25) is 14.9 Å². The number of fused-ring (bicyclic) bond motifs is 1. The molecular weight excluding hydrogens is 362 g/mol. The highest BCUT2D eigenvalue weighted by atomic mass is 32.1. The van der Waals surface area contributed by atoms with Gasteiger partial charge in [-0.15, -0.1) is 0 Å². The maximum atomic E-state index is 12.4. The molecule has 1 aromatic heterocycles. The Morgan fingerprint density at radius 3 is 2.44 bits per heavy atom. The van der Waals surface area contributed by atoms with Gasteiger partial charge in [-0.25, -0.2) is 4.98 Å². The lowest BCUT2D eigenvalue weighted by molar-refractivity contribution is 0.0938. The molecule has 0 fully saturated rings. The Balaban J connectivity index is 1.80. The Morgan fingerprint density at radius 2 is 1.78 bits per heavy atom. The molecule has 2 aromatic carbocycles. The fourth-order valence-electron chi connectivity index (χ4n) is 2.51. The molecule has 0 aliphatic rings. The van der Waals surface area contributed by atoms with Crippen LogP contribution in [0.1, 0.15) is 41.0 Å². The van der Waals surface area contributed by atoms with Gasteiger partial charge in [0, 0.05) is 28.5 Å². The summed E-state index contributed by atoms with van der Waals surface area (Å²) < 4.78 is 0.814. The summed E-state index contributed by atoms with van der Waals surface area (Å²) in [6.45, 7) is 3.97. The van der Waals surface area contributed by atoms with Gasteiger partial charge in [-0.05, 0) is 49.7 Å². The first-order valence-corrected chi connectivity index (χ1v) is 9.36. The van der Waals surface area contributed by atoms with Crippen molar-refractivity contribution in [3.05, 3.63) is 47.5 Å². The summed E-state index contributed by atoms with van der Waals surface area (Å²) >= 11 is 1.30. The molecule has 8 heteroatoms. The molecule has 1 unspecified atom stereocenters. The van der Waals surface area contributed by atoms with Gasteiger partial charge < -0.3 is 16.8 Å². The number of carbonyl (C=O) groups excluding carboxylic acids is 2. The van der Waals surface area contributed by atoms with E-state index in [1.54, 1.807) is 36.4 Å². The molecule has 0 saturated carbocycles. The number of hydrogen-bond donors (Lipinski definition) is 4. The van der Waals surface area contributed by atoms with Gasteiger partial charge in [0.2, 0.25) is 0 Å². The summed E-state index contributed by atoms with van der Waals surface area (Å²) in [5, 5.41) is 6.12. The largest absolute Gasteiger partial charge is 0.399 e. The second kappa shape index (κ2) is 7.63. The highest BCUT2D eigenvalue weighted by Crippen LogP contribution is 2.27. The fourth-order valence-corrected chi connectivity index (χ4v) is 3.41. The molecule has 0 bridgehead atoms. The van der Waals surface area contributed by atoms with Crippen molar-refractivity contribution < 1.29 is 9.59 Å². The minimum atomic E-state index is -0.345. The number of nitrogen functional groups attached to an aromatic ring is 2. The van der Waals surface area contributed by atoms with Crippen molar-refractivity contribution in [1.29, 1.82) is 0 Å². The molecule has 3 rings (SSSR count). The number of carbonyl (C=O) groups is 2. The molecule has 0 spiro atoms. The van der Waals surface area contributed by atoms with Crippen molar-refractivity contribution in [1.82, 2.24) is 10.3 Å². The van der Waals surface area contributed by atoms with Crippen LogP contribution in [0.4, 0.5) is 16.5 Å². The number of nitrogens with two attached hydrogens (primary N) is 2. The van der Waals surface area contributed by atoms with Crippen LogP contribution in [-0.2, 0) is 0 Å². The minimum absolute atomic E-state index is 0.107. The molecule has 6 N–H and O–H groups in total. The van der Waals surface area contributed by atoms with Crippen molar-refractivity contribution in [2.24, 2.45) is 0 Å². The normalized spacial score (nSPS) is 11.9. The van der Waals surface area contributed by atoms with Crippen LogP contribution >= 0.6 is 11.3 Å². The molecule has 140 valence electrons. The van der Waals surface area contributed by atoms with Crippen molar-refractivity contribution in [2.75, 3.05) is 16.8 Å². The number of anilines is 3. The summed E-state index contributed by atoms with van der Waals surface area (Å²) in [4.78, 5) is 29.1. The number of amides is 2. The van der Waals surface area contributed by atoms with Crippen LogP contribution in [0.3, 0.4) is 0 Å². The van der Waals surface area contributed by atoms with Gasteiger partial charge in [-0.1, -0.05) is 18.3 Å². The van der Waals surface area contributed by atoms with E-state index in [2.05, 4.69) is 15.6 Å². The maximum Gasteiger partial charge on any atom is 0.257 e. The van der Waals surface area contributed by atoms with Crippen LogP contribution in [-0.4, -0.2) is 22.8 Å². The Bertz CT molecular complexity index is 994. The van der Waals surface area contributed by atoms with Gasteiger partial charge in [0.15, 0.2) is 5.13 Å². The zero-order chi connectivity index (χ0) is 19.6. The molecule has 2 amide bonds. The molecule has 0 aliphatic heterocycles. The lowest BCUT2D eigenvalue weighted by Crippen LogP contribution is -2.31. The zero-order valence-corrected chi connectivity index (χ0v) is 15.9. The molecule has 0 radical (unpaired) electrons. The first-order valence-electron chi connectivity index (χ1n) is 8.54. The van der Waals surface area contributed by atoms with E-state index in [1.807, 2.05) is 13.8 Å². The molecule has 3 aromatic rings. The third kappa shape index (κ3) is 4.35. The lowest BCUT2D eigenvalue weighted by atomic mass is 10.1. The van der Waals surface area contributed by atoms with Crippen molar-refractivity contribution in [3.8, 4) is 0 Å². The van der Waals surface area contributed by atoms with Gasteiger partial charge in [-0.2, -0.15) is 0 Å². The smallest absolute Gasteiger partial charge is 0.257 e. The Labute approximate surface area is 160 Å². The number of nitrogens with one attached hydrogen (secondary N) is 2. The van der Waals surface area contributed by atoms with Crippen LogP contribution in [0.5, 0.6) is 0 Å². The monoisotopic (exact) mass is 383 g/mol. The average molecular weight is 383 g/mol. The van der Waals surface area contributed by atoms with Crippen LogP contribution in [0, 0.1) is 0 Å². The fraction of sp³-hybridized carbons (Fsp3) is 0.211. The molecular formula is C19H21N5O2S. The maximum absolute atomic E-state index is 12.4. The minimum Gasteiger partial charge on any atom is -0.399 e. The second-order valence-electron chi connectivity index (χ2n) is 6.33. The van der Waals surface area contributed by atoms with E-state index in [4.69, 9.17) is 11.5 Å². The third-order valence-corrected chi connectivity index (χ3v) is 5.03. The van der Waals surface area contributed by atoms with Crippen LogP contribution in [0.15, 0.2) is 36.4 Å². The SMILES string of the molecule is CCC(C)NC(=O)c1ccc2nc(NC(=O)c3cc(N)cc(N)c3)sc2c1. The topological polar surface area (TPSA) is 123 Å². The Kier molecular flexibility index (Phi) is 5.27. The highest BCUT2D eigenvalue weighted by molar-refractivity contribution is 7.22. The standard InChI is InChI=1S/C19H21N5O2S/c1-3-10(2)22-17(25)11-4-5-15-16(8-11)27-19(23-15)24-18(26)12-6-13(20)9-14(21)7-12/h4-10H,3,20-21H2,1-2H3,(H,22,25)(H,23,24,26). The second-order valence-corrected chi connectivity index (χ2v) is 7.36. The van der Waals surface area contributed by atoms with Gasteiger partial charge in [0.1, 0.15) is 0 Å². The van der Waals surface area contributed by atoms with E-state index >= 15 is 0 Å². The summed E-state index contributed by atoms with van der Waals surface area (Å²) in [7, 11) is 0. The number of nitrogens with zero attached hydrogens (tertiary/aromatic N) is 1. The predicted molar refractivity (Wildman–Crippen MR) is 110 cm³/mol. The number of benzene rings is 2. The molecule has 1 atom stereocenters. The van der Waals surface area contributed by atoms with Crippen molar-refractivity contribution in [3.63, 3.8) is 0 Å². The van der Waals surface area contributed by atoms with E-state index in [0.717, 1.165) is 11.1 Å². The predicted octanol–water partition coefficient (Wildman–Crippen LogP) is 3.24. The highest BCUT2D eigenvalue weighted by Gasteiger charge is 2.14. The number of thiazole rings is 1. The van der Waals surface area contributed by atoms with Crippen LogP contribution in [0.2, 0.25) is 0 Å². The molecule has 7 nitrogen and oxygen atoms in total. The van der Waals surface area contributed by atoms with Crippen molar-refractivity contribution >= 4 is 49.9 Å². The summed E-state index contributed by atoms with van der Waals surface area (Å²) in [5.74, 6) is -0.469. The van der Waals surface area contributed by atoms with E-state index in [1.165, 1.54) is 11.3 Å². The quantitative estimate of drug-likeness (QED) is 0.504. The van der Waals surface area contributed by atoms with E-state index in [-0.39, 0.29) is 17.9 Å². The molecule has 0 aliphatic carbocycles. The number of rotatable bonds is 5. The number of hydrogen-bond acceptors (Lipinski definition) is 6. The first-order chi connectivity index (χ1) is 12.9. The van der Waals surface area contributed by atoms with E-state index < -0.39 is 0 Å². The van der Waals surface area contributed by atoms with E-state index in [9.17, 15) is 9.59 Å². The van der Waals surface area contributed by atoms with Crippen LogP contribution < -0.4 is 22.1 Å².